The average Bonchev–Trinajstić information content (AvgIpc) is 2.73. The third kappa shape index (κ3) is 5.72. The Kier molecular flexibility index (Phi) is 7.34. The number of piperidine rings is 1. The van der Waals surface area contributed by atoms with E-state index < -0.39 is 0 Å². The van der Waals surface area contributed by atoms with Crippen LogP contribution in [0.1, 0.15) is 24.1 Å². The van der Waals surface area contributed by atoms with Crippen molar-refractivity contribution >= 4 is 27.9 Å². The van der Waals surface area contributed by atoms with Crippen molar-refractivity contribution in [3.8, 4) is 0 Å². The number of hydrogen-bond donors (Lipinski definition) is 0. The van der Waals surface area contributed by atoms with E-state index in [4.69, 9.17) is 0 Å². The molecule has 0 unspecified atom stereocenters. The SMILES string of the molecule is CN(C(=O)C=Cc1cc(Br)ccc1F)C1CCN(CCc2ccccn2)CC1. The first-order valence-electron chi connectivity index (χ1n) is 9.55. The summed E-state index contributed by atoms with van der Waals surface area (Å²) in [6.07, 6.45) is 7.67. The van der Waals surface area contributed by atoms with Crippen molar-refractivity contribution in [3.05, 3.63) is 70.2 Å². The second-order valence-corrected chi connectivity index (χ2v) is 8.01. The number of carbonyl (C=O) groups excluding carboxylic acids is 1. The first-order valence-corrected chi connectivity index (χ1v) is 10.3. The Bertz CT molecular complexity index is 820. The molecular weight excluding hydrogens is 421 g/mol. The Morgan fingerprint density at radius 2 is 2.11 bits per heavy atom. The van der Waals surface area contributed by atoms with E-state index in [1.165, 1.54) is 12.1 Å². The molecule has 2 aromatic rings. The Morgan fingerprint density at radius 3 is 2.82 bits per heavy atom. The van der Waals surface area contributed by atoms with Crippen LogP contribution in [0.25, 0.3) is 6.08 Å². The highest BCUT2D eigenvalue weighted by molar-refractivity contribution is 9.10. The lowest BCUT2D eigenvalue weighted by molar-refractivity contribution is -0.127. The van der Waals surface area contributed by atoms with Gasteiger partial charge in [-0.3, -0.25) is 9.78 Å². The predicted molar refractivity (Wildman–Crippen MR) is 113 cm³/mol. The summed E-state index contributed by atoms with van der Waals surface area (Å²) in [5.41, 5.74) is 1.52. The van der Waals surface area contributed by atoms with E-state index in [1.54, 1.807) is 23.1 Å². The van der Waals surface area contributed by atoms with Crippen LogP contribution in [0.2, 0.25) is 0 Å². The molecule has 6 heteroatoms. The summed E-state index contributed by atoms with van der Waals surface area (Å²) in [5, 5.41) is 0. The summed E-state index contributed by atoms with van der Waals surface area (Å²) in [5.74, 6) is -0.428. The molecule has 1 aromatic heterocycles. The van der Waals surface area contributed by atoms with Gasteiger partial charge in [0, 0.05) is 67.1 Å². The van der Waals surface area contributed by atoms with Gasteiger partial charge in [-0.05, 0) is 49.2 Å². The number of pyridine rings is 1. The lowest BCUT2D eigenvalue weighted by Gasteiger charge is -2.36. The molecule has 1 fully saturated rings. The third-order valence-electron chi connectivity index (χ3n) is 5.23. The molecule has 4 nitrogen and oxygen atoms in total. The zero-order valence-electron chi connectivity index (χ0n) is 16.0. The molecule has 0 radical (unpaired) electrons. The van der Waals surface area contributed by atoms with Gasteiger partial charge in [0.25, 0.3) is 0 Å². The molecule has 0 spiro atoms. The molecule has 28 heavy (non-hydrogen) atoms. The fourth-order valence-electron chi connectivity index (χ4n) is 3.45. The van der Waals surface area contributed by atoms with Gasteiger partial charge in [-0.1, -0.05) is 22.0 Å². The molecule has 0 N–H and O–H groups in total. The first-order chi connectivity index (χ1) is 13.5. The Morgan fingerprint density at radius 1 is 1.32 bits per heavy atom. The number of amides is 1. The number of nitrogens with zero attached hydrogens (tertiary/aromatic N) is 3. The summed E-state index contributed by atoms with van der Waals surface area (Å²) in [4.78, 5) is 21.1. The number of carbonyl (C=O) groups is 1. The van der Waals surface area contributed by atoms with Crippen LogP contribution in [0.5, 0.6) is 0 Å². The smallest absolute Gasteiger partial charge is 0.246 e. The van der Waals surface area contributed by atoms with Crippen LogP contribution < -0.4 is 0 Å². The van der Waals surface area contributed by atoms with Crippen molar-refractivity contribution in [2.75, 3.05) is 26.7 Å². The monoisotopic (exact) mass is 445 g/mol. The molecule has 0 atom stereocenters. The van der Waals surface area contributed by atoms with Gasteiger partial charge in [0.2, 0.25) is 5.91 Å². The zero-order valence-corrected chi connectivity index (χ0v) is 17.6. The Labute approximate surface area is 174 Å². The van der Waals surface area contributed by atoms with Gasteiger partial charge in [0.05, 0.1) is 0 Å². The van der Waals surface area contributed by atoms with E-state index in [-0.39, 0.29) is 17.8 Å². The number of likely N-dealkylation sites (N-methyl/N-ethyl adjacent to an activating group) is 1. The van der Waals surface area contributed by atoms with Gasteiger partial charge in [0.1, 0.15) is 5.82 Å². The summed E-state index contributed by atoms with van der Waals surface area (Å²) in [6.45, 7) is 2.93. The van der Waals surface area contributed by atoms with Crippen molar-refractivity contribution in [1.29, 1.82) is 0 Å². The van der Waals surface area contributed by atoms with Crippen LogP contribution >= 0.6 is 15.9 Å². The van der Waals surface area contributed by atoms with Crippen LogP contribution in [0.4, 0.5) is 4.39 Å². The molecule has 1 saturated heterocycles. The fourth-order valence-corrected chi connectivity index (χ4v) is 3.83. The number of rotatable bonds is 6. The largest absolute Gasteiger partial charge is 0.339 e. The van der Waals surface area contributed by atoms with Gasteiger partial charge in [-0.25, -0.2) is 4.39 Å². The molecule has 1 aliphatic rings. The molecule has 0 aliphatic carbocycles. The normalized spacial score (nSPS) is 15.8. The number of likely N-dealkylation sites (tertiary alicyclic amines) is 1. The third-order valence-corrected chi connectivity index (χ3v) is 5.72. The standard InChI is InChI=1S/C22H25BrFN3O/c1-26(22(28)8-5-17-16-18(23)6-7-21(17)24)20-10-14-27(15-11-20)13-9-19-4-2-3-12-25-19/h2-8,12,16,20H,9-11,13-15H2,1H3. The van der Waals surface area contributed by atoms with Gasteiger partial charge in [0.15, 0.2) is 0 Å². The molecule has 1 amide bonds. The van der Waals surface area contributed by atoms with E-state index in [9.17, 15) is 9.18 Å². The van der Waals surface area contributed by atoms with Crippen LogP contribution in [0.3, 0.4) is 0 Å². The minimum Gasteiger partial charge on any atom is -0.339 e. The molecule has 3 rings (SSSR count). The molecular formula is C22H25BrFN3O. The molecule has 1 aliphatic heterocycles. The van der Waals surface area contributed by atoms with Crippen LogP contribution in [-0.2, 0) is 11.2 Å². The summed E-state index contributed by atoms with van der Waals surface area (Å²) >= 11 is 3.32. The highest BCUT2D eigenvalue weighted by Crippen LogP contribution is 2.19. The summed E-state index contributed by atoms with van der Waals surface area (Å²) in [6, 6.07) is 10.9. The van der Waals surface area contributed by atoms with Gasteiger partial charge in [-0.2, -0.15) is 0 Å². The molecule has 148 valence electrons. The summed E-state index contributed by atoms with van der Waals surface area (Å²) in [7, 11) is 1.83. The Hall–Kier alpha value is -2.05. The van der Waals surface area contributed by atoms with Crippen LogP contribution in [0, 0.1) is 5.82 Å². The van der Waals surface area contributed by atoms with E-state index in [0.717, 1.165) is 49.1 Å². The highest BCUT2D eigenvalue weighted by atomic mass is 79.9. The summed E-state index contributed by atoms with van der Waals surface area (Å²) < 4.78 is 14.6. The lowest BCUT2D eigenvalue weighted by Crippen LogP contribution is -2.45. The molecule has 1 aromatic carbocycles. The fraction of sp³-hybridized carbons (Fsp3) is 0.364. The topological polar surface area (TPSA) is 36.4 Å². The number of hydrogen-bond acceptors (Lipinski definition) is 3. The van der Waals surface area contributed by atoms with Crippen LogP contribution in [-0.4, -0.2) is 53.4 Å². The van der Waals surface area contributed by atoms with Gasteiger partial charge < -0.3 is 9.80 Å². The first kappa shape index (κ1) is 20.7. The number of halogens is 2. The maximum atomic E-state index is 13.8. The molecule has 0 bridgehead atoms. The highest BCUT2D eigenvalue weighted by Gasteiger charge is 2.24. The zero-order chi connectivity index (χ0) is 19.9. The van der Waals surface area contributed by atoms with Gasteiger partial charge in [-0.15, -0.1) is 0 Å². The minimum absolute atomic E-state index is 0.0914. The Balaban J connectivity index is 1.47. The van der Waals surface area contributed by atoms with Crippen molar-refractivity contribution in [2.45, 2.75) is 25.3 Å². The van der Waals surface area contributed by atoms with Crippen molar-refractivity contribution < 1.29 is 9.18 Å². The van der Waals surface area contributed by atoms with Crippen LogP contribution in [0.15, 0.2) is 53.1 Å². The van der Waals surface area contributed by atoms with E-state index in [1.807, 2.05) is 25.4 Å². The number of aromatic nitrogens is 1. The molecule has 0 saturated carbocycles. The quantitative estimate of drug-likeness (QED) is 0.626. The van der Waals surface area contributed by atoms with Crippen molar-refractivity contribution in [3.63, 3.8) is 0 Å². The minimum atomic E-state index is -0.337. The maximum Gasteiger partial charge on any atom is 0.246 e. The van der Waals surface area contributed by atoms with E-state index >= 15 is 0 Å². The molecule has 2 heterocycles. The van der Waals surface area contributed by atoms with Crippen molar-refractivity contribution in [2.24, 2.45) is 0 Å². The number of benzene rings is 1. The van der Waals surface area contributed by atoms with Crippen molar-refractivity contribution in [1.82, 2.24) is 14.8 Å². The lowest BCUT2D eigenvalue weighted by atomic mass is 10.0. The second kappa shape index (κ2) is 9.94. The van der Waals surface area contributed by atoms with E-state index in [0.29, 0.717) is 5.56 Å². The van der Waals surface area contributed by atoms with E-state index in [2.05, 4.69) is 31.9 Å². The maximum absolute atomic E-state index is 13.8. The second-order valence-electron chi connectivity index (χ2n) is 7.09. The average molecular weight is 446 g/mol. The predicted octanol–water partition coefficient (Wildman–Crippen LogP) is 4.16. The van der Waals surface area contributed by atoms with Gasteiger partial charge >= 0.3 is 0 Å².